The van der Waals surface area contributed by atoms with Crippen LogP contribution in [0.15, 0.2) is 6.07 Å². The standard InChI is InChI=1S/C15H25N3S/c1-9-8-12(13(14(16)19)10(2)17-9)18(7)11(3)15(4,5)6/h8,11H,1-7H3,(H2,16,19). The minimum Gasteiger partial charge on any atom is -0.389 e. The highest BCUT2D eigenvalue weighted by atomic mass is 32.1. The van der Waals surface area contributed by atoms with E-state index in [1.165, 1.54) is 0 Å². The molecule has 4 heteroatoms. The number of pyridine rings is 1. The summed E-state index contributed by atoms with van der Waals surface area (Å²) in [6.45, 7) is 12.9. The summed E-state index contributed by atoms with van der Waals surface area (Å²) in [5, 5.41) is 0. The molecule has 1 aromatic rings. The molecule has 0 spiro atoms. The molecular weight excluding hydrogens is 254 g/mol. The Morgan fingerprint density at radius 1 is 1.37 bits per heavy atom. The molecule has 2 N–H and O–H groups in total. The predicted octanol–water partition coefficient (Wildman–Crippen LogP) is 3.20. The number of anilines is 1. The molecular formula is C15H25N3S. The molecule has 0 bridgehead atoms. The van der Waals surface area contributed by atoms with Crippen LogP contribution < -0.4 is 10.6 Å². The van der Waals surface area contributed by atoms with Gasteiger partial charge in [-0.3, -0.25) is 4.98 Å². The van der Waals surface area contributed by atoms with Crippen LogP contribution in [0.4, 0.5) is 5.69 Å². The van der Waals surface area contributed by atoms with Crippen molar-refractivity contribution in [3.05, 3.63) is 23.0 Å². The van der Waals surface area contributed by atoms with Crippen LogP contribution in [0.5, 0.6) is 0 Å². The van der Waals surface area contributed by atoms with E-state index in [1.54, 1.807) is 0 Å². The van der Waals surface area contributed by atoms with Crippen LogP contribution in [0.3, 0.4) is 0 Å². The lowest BCUT2D eigenvalue weighted by molar-refractivity contribution is 0.329. The molecule has 0 saturated heterocycles. The summed E-state index contributed by atoms with van der Waals surface area (Å²) in [7, 11) is 2.09. The highest BCUT2D eigenvalue weighted by Crippen LogP contribution is 2.30. The van der Waals surface area contributed by atoms with Gasteiger partial charge in [0, 0.05) is 24.5 Å². The van der Waals surface area contributed by atoms with Crippen molar-refractivity contribution in [1.82, 2.24) is 4.98 Å². The maximum absolute atomic E-state index is 5.88. The van der Waals surface area contributed by atoms with Crippen LogP contribution in [0, 0.1) is 19.3 Å². The van der Waals surface area contributed by atoms with Crippen LogP contribution in [-0.2, 0) is 0 Å². The molecule has 0 fully saturated rings. The summed E-state index contributed by atoms with van der Waals surface area (Å²) in [6, 6.07) is 2.42. The SMILES string of the molecule is Cc1cc(N(C)C(C)C(C)(C)C)c(C(N)=S)c(C)n1. The molecule has 106 valence electrons. The number of aromatic nitrogens is 1. The first kappa shape index (κ1) is 15.9. The quantitative estimate of drug-likeness (QED) is 0.863. The third-order valence-electron chi connectivity index (χ3n) is 3.77. The molecule has 19 heavy (non-hydrogen) atoms. The molecule has 0 aromatic carbocycles. The number of rotatable bonds is 3. The number of aryl methyl sites for hydroxylation is 2. The second-order valence-corrected chi connectivity index (χ2v) is 6.70. The molecule has 0 aliphatic rings. The van der Waals surface area contributed by atoms with Gasteiger partial charge in [0.2, 0.25) is 0 Å². The first-order chi connectivity index (χ1) is 8.55. The lowest BCUT2D eigenvalue weighted by Gasteiger charge is -2.38. The summed E-state index contributed by atoms with van der Waals surface area (Å²) < 4.78 is 0. The van der Waals surface area contributed by atoms with E-state index < -0.39 is 0 Å². The van der Waals surface area contributed by atoms with Gasteiger partial charge in [-0.15, -0.1) is 0 Å². The molecule has 0 aliphatic heterocycles. The maximum Gasteiger partial charge on any atom is 0.107 e. The Labute approximate surface area is 122 Å². The monoisotopic (exact) mass is 279 g/mol. The first-order valence-corrected chi connectivity index (χ1v) is 6.97. The number of hydrogen-bond acceptors (Lipinski definition) is 3. The van der Waals surface area contributed by atoms with Gasteiger partial charge in [-0.25, -0.2) is 0 Å². The molecule has 1 heterocycles. The fraction of sp³-hybridized carbons (Fsp3) is 0.600. The van der Waals surface area contributed by atoms with E-state index in [-0.39, 0.29) is 5.41 Å². The summed E-state index contributed by atoms with van der Waals surface area (Å²) >= 11 is 5.19. The molecule has 1 aromatic heterocycles. The first-order valence-electron chi connectivity index (χ1n) is 6.56. The summed E-state index contributed by atoms with van der Waals surface area (Å²) in [5.74, 6) is 0. The van der Waals surface area contributed by atoms with E-state index in [0.717, 1.165) is 22.6 Å². The summed E-state index contributed by atoms with van der Waals surface area (Å²) in [5.41, 5.74) is 9.89. The van der Waals surface area contributed by atoms with Crippen molar-refractivity contribution >= 4 is 22.9 Å². The van der Waals surface area contributed by atoms with Gasteiger partial charge in [-0.2, -0.15) is 0 Å². The number of nitrogens with zero attached hydrogens (tertiary/aromatic N) is 2. The van der Waals surface area contributed by atoms with Crippen LogP contribution in [-0.4, -0.2) is 23.1 Å². The fourth-order valence-electron chi connectivity index (χ4n) is 2.18. The van der Waals surface area contributed by atoms with Gasteiger partial charge in [0.25, 0.3) is 0 Å². The summed E-state index contributed by atoms with van der Waals surface area (Å²) in [6.07, 6.45) is 0. The Kier molecular flexibility index (Phi) is 4.56. The van der Waals surface area contributed by atoms with Gasteiger partial charge >= 0.3 is 0 Å². The van der Waals surface area contributed by atoms with Crippen molar-refractivity contribution in [3.63, 3.8) is 0 Å². The van der Waals surface area contributed by atoms with Gasteiger partial charge in [0.1, 0.15) is 4.99 Å². The van der Waals surface area contributed by atoms with Gasteiger partial charge in [-0.1, -0.05) is 33.0 Å². The normalized spacial score (nSPS) is 13.2. The summed E-state index contributed by atoms with van der Waals surface area (Å²) in [4.78, 5) is 7.12. The number of nitrogens with two attached hydrogens (primary N) is 1. The molecule has 0 saturated carbocycles. The molecule has 1 unspecified atom stereocenters. The second kappa shape index (κ2) is 5.45. The van der Waals surface area contributed by atoms with Crippen molar-refractivity contribution in [2.45, 2.75) is 47.6 Å². The van der Waals surface area contributed by atoms with E-state index >= 15 is 0 Å². The topological polar surface area (TPSA) is 42.1 Å². The molecule has 0 amide bonds. The van der Waals surface area contributed by atoms with E-state index in [0.29, 0.717) is 11.0 Å². The lowest BCUT2D eigenvalue weighted by atomic mass is 9.86. The molecule has 0 radical (unpaired) electrons. The Morgan fingerprint density at radius 2 is 1.89 bits per heavy atom. The molecule has 3 nitrogen and oxygen atoms in total. The number of thiocarbonyl (C=S) groups is 1. The number of hydrogen-bond donors (Lipinski definition) is 1. The second-order valence-electron chi connectivity index (χ2n) is 6.26. The van der Waals surface area contributed by atoms with Gasteiger partial charge in [0.05, 0.1) is 11.3 Å². The highest BCUT2D eigenvalue weighted by Gasteiger charge is 2.26. The highest BCUT2D eigenvalue weighted by molar-refractivity contribution is 7.80. The van der Waals surface area contributed by atoms with E-state index in [4.69, 9.17) is 18.0 Å². The van der Waals surface area contributed by atoms with Crippen LogP contribution in [0.2, 0.25) is 0 Å². The van der Waals surface area contributed by atoms with Crippen molar-refractivity contribution in [1.29, 1.82) is 0 Å². The average molecular weight is 279 g/mol. The van der Waals surface area contributed by atoms with Crippen molar-refractivity contribution in [3.8, 4) is 0 Å². The van der Waals surface area contributed by atoms with Crippen LogP contribution in [0.25, 0.3) is 0 Å². The van der Waals surface area contributed by atoms with Crippen molar-refractivity contribution in [2.75, 3.05) is 11.9 Å². The Bertz CT molecular complexity index is 489. The molecule has 1 rings (SSSR count). The smallest absolute Gasteiger partial charge is 0.107 e. The zero-order valence-electron chi connectivity index (χ0n) is 13.0. The third-order valence-corrected chi connectivity index (χ3v) is 3.97. The van der Waals surface area contributed by atoms with E-state index in [1.807, 2.05) is 13.8 Å². The van der Waals surface area contributed by atoms with E-state index in [2.05, 4.69) is 50.7 Å². The average Bonchev–Trinajstić information content (AvgIpc) is 2.23. The van der Waals surface area contributed by atoms with Crippen molar-refractivity contribution in [2.24, 2.45) is 11.1 Å². The Hall–Kier alpha value is -1.16. The Morgan fingerprint density at radius 3 is 2.32 bits per heavy atom. The third kappa shape index (κ3) is 3.44. The fourth-order valence-corrected chi connectivity index (χ4v) is 2.43. The van der Waals surface area contributed by atoms with Crippen LogP contribution in [0.1, 0.15) is 44.6 Å². The minimum absolute atomic E-state index is 0.174. The van der Waals surface area contributed by atoms with Crippen LogP contribution >= 0.6 is 12.2 Å². The zero-order chi connectivity index (χ0) is 15.0. The van der Waals surface area contributed by atoms with Crippen molar-refractivity contribution < 1.29 is 0 Å². The molecule has 0 aliphatic carbocycles. The van der Waals surface area contributed by atoms with Gasteiger partial charge in [0.15, 0.2) is 0 Å². The predicted molar refractivity (Wildman–Crippen MR) is 86.9 cm³/mol. The van der Waals surface area contributed by atoms with Gasteiger partial charge < -0.3 is 10.6 Å². The van der Waals surface area contributed by atoms with E-state index in [9.17, 15) is 0 Å². The lowest BCUT2D eigenvalue weighted by Crippen LogP contribution is -2.40. The zero-order valence-corrected chi connectivity index (χ0v) is 13.9. The van der Waals surface area contributed by atoms with Gasteiger partial charge in [-0.05, 0) is 32.3 Å². The Balaban J connectivity index is 3.37. The minimum atomic E-state index is 0.174. The molecule has 1 atom stereocenters. The maximum atomic E-state index is 5.88. The largest absolute Gasteiger partial charge is 0.389 e.